The minimum absolute atomic E-state index is 0. The second-order valence-corrected chi connectivity index (χ2v) is 6.32. The van der Waals surface area contributed by atoms with Crippen molar-refractivity contribution < 1.29 is 56.4 Å². The van der Waals surface area contributed by atoms with Crippen LogP contribution in [0.2, 0.25) is 0 Å². The molecule has 0 aromatic heterocycles. The molecule has 0 heterocycles. The summed E-state index contributed by atoms with van der Waals surface area (Å²) in [6, 6.07) is 6.12. The van der Waals surface area contributed by atoms with Gasteiger partial charge >= 0.3 is 21.7 Å². The summed E-state index contributed by atoms with van der Waals surface area (Å²) in [4.78, 5) is 0. The minimum atomic E-state index is -0.0548. The van der Waals surface area contributed by atoms with E-state index in [4.69, 9.17) is 4.74 Å². The van der Waals surface area contributed by atoms with Gasteiger partial charge in [0.1, 0.15) is 0 Å². The normalized spacial score (nSPS) is 14.3. The van der Waals surface area contributed by atoms with E-state index in [9.17, 15) is 5.11 Å². The molecule has 0 atom stereocenters. The number of hydrogen-bond acceptors (Lipinski definition) is 3. The van der Waals surface area contributed by atoms with Crippen molar-refractivity contribution in [2.45, 2.75) is 39.7 Å². The molecule has 0 amide bonds. The third-order valence-corrected chi connectivity index (χ3v) is 3.45. The van der Waals surface area contributed by atoms with Crippen LogP contribution >= 0.6 is 0 Å². The summed E-state index contributed by atoms with van der Waals surface area (Å²) < 4.78 is 5.49. The Bertz CT molecular complexity index is 608. The Kier molecular flexibility index (Phi) is 11.3. The van der Waals surface area contributed by atoms with Gasteiger partial charge in [0.2, 0.25) is 0 Å². The molecule has 3 nitrogen and oxygen atoms in total. The summed E-state index contributed by atoms with van der Waals surface area (Å²) in [5.41, 5.74) is 5.26. The van der Waals surface area contributed by atoms with Gasteiger partial charge in [0, 0.05) is 12.1 Å². The zero-order chi connectivity index (χ0) is 15.6. The Hall–Kier alpha value is -0.446. The first-order chi connectivity index (χ1) is 9.87. The van der Waals surface area contributed by atoms with Crippen LogP contribution in [-0.4, -0.2) is 24.4 Å². The van der Waals surface area contributed by atoms with Gasteiger partial charge in [-0.25, -0.2) is 0 Å². The van der Waals surface area contributed by atoms with Crippen molar-refractivity contribution in [2.75, 3.05) is 13.7 Å². The van der Waals surface area contributed by atoms with Gasteiger partial charge in [-0.05, 0) is 39.8 Å². The fourth-order valence-corrected chi connectivity index (χ4v) is 2.57. The van der Waals surface area contributed by atoms with E-state index in [-0.39, 0.29) is 58.7 Å². The number of rotatable bonds is 4. The predicted octanol–water partition coefficient (Wildman–Crippen LogP) is -2.96. The van der Waals surface area contributed by atoms with Crippen molar-refractivity contribution >= 4 is 5.57 Å². The Balaban J connectivity index is 0. The second-order valence-electron chi connectivity index (χ2n) is 6.32. The number of allylic oxidation sites excluding steroid dienone is 2. The van der Waals surface area contributed by atoms with E-state index in [1.165, 1.54) is 0 Å². The molecule has 1 aliphatic rings. The zero-order valence-corrected chi connectivity index (χ0v) is 17.8. The van der Waals surface area contributed by atoms with E-state index in [0.29, 0.717) is 6.42 Å². The third kappa shape index (κ3) is 5.82. The molecule has 2 rings (SSSR count). The van der Waals surface area contributed by atoms with Gasteiger partial charge in [0.25, 0.3) is 0 Å². The summed E-state index contributed by atoms with van der Waals surface area (Å²) in [7, 11) is 1.68. The van der Waals surface area contributed by atoms with Crippen LogP contribution in [0.25, 0.3) is 5.57 Å². The Morgan fingerprint density at radius 3 is 2.38 bits per heavy atom. The van der Waals surface area contributed by atoms with E-state index in [2.05, 4.69) is 44.3 Å². The molecule has 1 aliphatic carbocycles. The maximum absolute atomic E-state index is 9.30. The van der Waals surface area contributed by atoms with Crippen LogP contribution in [0.3, 0.4) is 0 Å². The van der Waals surface area contributed by atoms with E-state index < -0.39 is 0 Å². The molecule has 0 aliphatic heterocycles. The summed E-state index contributed by atoms with van der Waals surface area (Å²) in [6.07, 6.45) is 4.07. The summed E-state index contributed by atoms with van der Waals surface area (Å²) >= 11 is 0. The van der Waals surface area contributed by atoms with E-state index >= 15 is 0 Å². The SMILES string of the molecule is COC(C)=C1C(NC(C)(C)C)=[C-]c2cccc(CCO)c21.[Cl-].[Cl-].[Ti+3]. The first kappa shape index (κ1) is 25.8. The molecule has 1 aromatic rings. The number of aliphatic hydroxyl groups excluding tert-OH is 1. The van der Waals surface area contributed by atoms with Crippen LogP contribution in [0.15, 0.2) is 29.7 Å². The van der Waals surface area contributed by atoms with Crippen LogP contribution < -0.4 is 30.1 Å². The molecule has 0 fully saturated rings. The molecular weight excluding hydrogens is 381 g/mol. The number of fused-ring (bicyclic) bond motifs is 1. The van der Waals surface area contributed by atoms with Gasteiger partial charge in [-0.2, -0.15) is 0 Å². The Labute approximate surface area is 172 Å². The fraction of sp³-hybridized carbons (Fsp3) is 0.444. The van der Waals surface area contributed by atoms with Crippen molar-refractivity contribution in [3.05, 3.63) is 52.4 Å². The Morgan fingerprint density at radius 2 is 1.88 bits per heavy atom. The van der Waals surface area contributed by atoms with Crippen molar-refractivity contribution in [3.63, 3.8) is 0 Å². The number of ether oxygens (including phenoxy) is 1. The number of nitrogens with one attached hydrogen (secondary N) is 1. The third-order valence-electron chi connectivity index (χ3n) is 3.45. The van der Waals surface area contributed by atoms with Crippen molar-refractivity contribution in [3.8, 4) is 0 Å². The van der Waals surface area contributed by atoms with Gasteiger partial charge in [-0.3, -0.25) is 0 Å². The molecular formula is C18H24Cl2NO2Ti. The quantitative estimate of drug-likeness (QED) is 0.320. The Morgan fingerprint density at radius 1 is 1.25 bits per heavy atom. The van der Waals surface area contributed by atoms with Crippen molar-refractivity contribution in [1.29, 1.82) is 0 Å². The van der Waals surface area contributed by atoms with Gasteiger partial charge in [-0.1, -0.05) is 17.2 Å². The molecule has 0 spiro atoms. The van der Waals surface area contributed by atoms with Crippen LogP contribution in [0, 0.1) is 6.08 Å². The standard InChI is InChI=1S/C18H24NO2.2ClH.Ti/c1-12(21-5)16-15(19-18(2,3)4)11-14-8-6-7-13(9-10-20)17(14)16;;;/h6-8,19-20H,9-10H2,1-5H3;2*1H;/q-1;;;+3/p-2. The monoisotopic (exact) mass is 404 g/mol. The molecule has 0 saturated heterocycles. The molecule has 0 bridgehead atoms. The van der Waals surface area contributed by atoms with E-state index in [1.54, 1.807) is 7.11 Å². The van der Waals surface area contributed by atoms with Crippen molar-refractivity contribution in [1.82, 2.24) is 5.32 Å². The van der Waals surface area contributed by atoms with Crippen molar-refractivity contribution in [2.24, 2.45) is 0 Å². The minimum Gasteiger partial charge on any atom is -1.00 e. The maximum Gasteiger partial charge on any atom is 3.00 e. The summed E-state index contributed by atoms with van der Waals surface area (Å²) in [5, 5.41) is 12.8. The number of hydrogen-bond donors (Lipinski definition) is 2. The number of halogens is 2. The topological polar surface area (TPSA) is 41.5 Å². The average molecular weight is 405 g/mol. The largest absolute Gasteiger partial charge is 3.00 e. The summed E-state index contributed by atoms with van der Waals surface area (Å²) in [5.74, 6) is 0.860. The molecule has 1 aromatic carbocycles. The number of aliphatic hydroxyl groups is 1. The van der Waals surface area contributed by atoms with Gasteiger partial charge in [-0.15, -0.1) is 29.3 Å². The van der Waals surface area contributed by atoms with Gasteiger partial charge in [0.05, 0.1) is 12.9 Å². The van der Waals surface area contributed by atoms with Crippen LogP contribution in [0.4, 0.5) is 0 Å². The van der Waals surface area contributed by atoms with E-state index in [1.807, 2.05) is 13.0 Å². The second kappa shape index (κ2) is 10.5. The molecule has 0 unspecified atom stereocenters. The van der Waals surface area contributed by atoms with Crippen LogP contribution in [-0.2, 0) is 32.9 Å². The van der Waals surface area contributed by atoms with Gasteiger partial charge < -0.3 is 40.0 Å². The average Bonchev–Trinajstić information content (AvgIpc) is 2.75. The van der Waals surface area contributed by atoms with Gasteiger partial charge in [0.15, 0.2) is 0 Å². The molecule has 1 radical (unpaired) electrons. The smallest absolute Gasteiger partial charge is 1.00 e. The first-order valence-corrected chi connectivity index (χ1v) is 7.28. The summed E-state index contributed by atoms with van der Waals surface area (Å²) in [6.45, 7) is 8.47. The zero-order valence-electron chi connectivity index (χ0n) is 14.8. The maximum atomic E-state index is 9.30. The molecule has 0 saturated carbocycles. The van der Waals surface area contributed by atoms with Crippen LogP contribution in [0.1, 0.15) is 44.4 Å². The molecule has 131 valence electrons. The molecule has 24 heavy (non-hydrogen) atoms. The molecule has 6 heteroatoms. The first-order valence-electron chi connectivity index (χ1n) is 7.28. The van der Waals surface area contributed by atoms with Crippen LogP contribution in [0.5, 0.6) is 0 Å². The number of methoxy groups -OCH3 is 1. The molecule has 2 N–H and O–H groups in total. The predicted molar refractivity (Wildman–Crippen MR) is 85.6 cm³/mol. The fourth-order valence-electron chi connectivity index (χ4n) is 2.57. The number of benzene rings is 1. The van der Waals surface area contributed by atoms with E-state index in [0.717, 1.165) is 33.7 Å².